The van der Waals surface area contributed by atoms with Gasteiger partial charge in [-0.25, -0.2) is 0 Å². The number of methoxy groups -OCH3 is 1. The van der Waals surface area contributed by atoms with Gasteiger partial charge in [-0.2, -0.15) is 5.26 Å². The highest BCUT2D eigenvalue weighted by atomic mass is 16.5. The van der Waals surface area contributed by atoms with Crippen molar-refractivity contribution in [2.75, 3.05) is 13.7 Å². The van der Waals surface area contributed by atoms with Crippen LogP contribution in [-0.4, -0.2) is 36.6 Å². The Hall–Kier alpha value is -1.08. The largest absolute Gasteiger partial charge is 0.468 e. The Bertz CT molecular complexity index is 273. The van der Waals surface area contributed by atoms with Crippen molar-refractivity contribution in [1.82, 2.24) is 4.90 Å². The van der Waals surface area contributed by atoms with Gasteiger partial charge in [0.1, 0.15) is 6.04 Å². The van der Waals surface area contributed by atoms with Crippen LogP contribution in [0, 0.1) is 11.3 Å². The van der Waals surface area contributed by atoms with Gasteiger partial charge >= 0.3 is 5.97 Å². The Morgan fingerprint density at radius 3 is 2.94 bits per heavy atom. The SMILES string of the molecule is CCC(CC#N)N1CCCC[C@@H]1C(=O)OC. The fraction of sp³-hybridized carbons (Fsp3) is 0.833. The average molecular weight is 224 g/mol. The molecule has 16 heavy (non-hydrogen) atoms. The lowest BCUT2D eigenvalue weighted by molar-refractivity contribution is -0.149. The number of esters is 1. The van der Waals surface area contributed by atoms with Gasteiger partial charge in [-0.1, -0.05) is 13.3 Å². The van der Waals surface area contributed by atoms with Crippen LogP contribution in [0.25, 0.3) is 0 Å². The molecule has 1 rings (SSSR count). The van der Waals surface area contributed by atoms with E-state index >= 15 is 0 Å². The number of hydrogen-bond donors (Lipinski definition) is 0. The molecule has 1 aliphatic rings. The summed E-state index contributed by atoms with van der Waals surface area (Å²) >= 11 is 0. The Morgan fingerprint density at radius 1 is 1.62 bits per heavy atom. The number of piperidine rings is 1. The highest BCUT2D eigenvalue weighted by Crippen LogP contribution is 2.23. The lowest BCUT2D eigenvalue weighted by atomic mass is 9.97. The van der Waals surface area contributed by atoms with Crippen LogP contribution in [0.1, 0.15) is 39.0 Å². The Balaban J connectivity index is 2.72. The Morgan fingerprint density at radius 2 is 2.38 bits per heavy atom. The van der Waals surface area contributed by atoms with E-state index in [1.807, 2.05) is 0 Å². The molecule has 0 spiro atoms. The van der Waals surface area contributed by atoms with Gasteiger partial charge in [0.05, 0.1) is 19.6 Å². The van der Waals surface area contributed by atoms with Crippen molar-refractivity contribution in [1.29, 1.82) is 5.26 Å². The third-order valence-corrected chi connectivity index (χ3v) is 3.28. The first-order valence-corrected chi connectivity index (χ1v) is 5.95. The van der Waals surface area contributed by atoms with Gasteiger partial charge in [0.2, 0.25) is 0 Å². The van der Waals surface area contributed by atoms with Crippen LogP contribution < -0.4 is 0 Å². The second-order valence-corrected chi connectivity index (χ2v) is 4.20. The second-order valence-electron chi connectivity index (χ2n) is 4.20. The van der Waals surface area contributed by atoms with Crippen molar-refractivity contribution in [3.8, 4) is 6.07 Å². The molecule has 0 saturated carbocycles. The number of ether oxygens (including phenoxy) is 1. The molecule has 1 unspecified atom stereocenters. The van der Waals surface area contributed by atoms with Crippen molar-refractivity contribution in [3.05, 3.63) is 0 Å². The zero-order valence-corrected chi connectivity index (χ0v) is 10.1. The monoisotopic (exact) mass is 224 g/mol. The standard InChI is InChI=1S/C12H20N2O2/c1-3-10(7-8-13)14-9-5-4-6-11(14)12(15)16-2/h10-11H,3-7,9H2,1-2H3/t10?,11-/m1/s1. The highest BCUT2D eigenvalue weighted by molar-refractivity contribution is 5.75. The molecular weight excluding hydrogens is 204 g/mol. The summed E-state index contributed by atoms with van der Waals surface area (Å²) in [5.74, 6) is -0.156. The minimum Gasteiger partial charge on any atom is -0.468 e. The Labute approximate surface area is 97.2 Å². The summed E-state index contributed by atoms with van der Waals surface area (Å²) in [5.41, 5.74) is 0. The summed E-state index contributed by atoms with van der Waals surface area (Å²) in [4.78, 5) is 13.8. The smallest absolute Gasteiger partial charge is 0.323 e. The molecule has 1 saturated heterocycles. The maximum absolute atomic E-state index is 11.7. The minimum atomic E-state index is -0.156. The van der Waals surface area contributed by atoms with E-state index in [0.29, 0.717) is 6.42 Å². The molecular formula is C12H20N2O2. The zero-order chi connectivity index (χ0) is 12.0. The van der Waals surface area contributed by atoms with E-state index in [4.69, 9.17) is 10.00 Å². The molecule has 0 radical (unpaired) electrons. The first-order valence-electron chi connectivity index (χ1n) is 5.95. The summed E-state index contributed by atoms with van der Waals surface area (Å²) in [5, 5.41) is 8.79. The lowest BCUT2D eigenvalue weighted by Crippen LogP contribution is -2.50. The number of nitrogens with zero attached hydrogens (tertiary/aromatic N) is 2. The van der Waals surface area contributed by atoms with Crippen molar-refractivity contribution in [2.24, 2.45) is 0 Å². The molecule has 1 heterocycles. The number of rotatable bonds is 4. The van der Waals surface area contributed by atoms with E-state index in [-0.39, 0.29) is 18.1 Å². The summed E-state index contributed by atoms with van der Waals surface area (Å²) in [6.07, 6.45) is 4.42. The molecule has 0 aromatic carbocycles. The summed E-state index contributed by atoms with van der Waals surface area (Å²) in [6, 6.07) is 2.25. The quantitative estimate of drug-likeness (QED) is 0.682. The van der Waals surface area contributed by atoms with E-state index in [2.05, 4.69) is 17.9 Å². The van der Waals surface area contributed by atoms with E-state index in [0.717, 1.165) is 32.2 Å². The molecule has 0 N–H and O–H groups in total. The molecule has 1 fully saturated rings. The van der Waals surface area contributed by atoms with Crippen LogP contribution in [0.3, 0.4) is 0 Å². The highest BCUT2D eigenvalue weighted by Gasteiger charge is 2.33. The fourth-order valence-corrected chi connectivity index (χ4v) is 2.38. The molecule has 0 aromatic heterocycles. The number of likely N-dealkylation sites (tertiary alicyclic amines) is 1. The van der Waals surface area contributed by atoms with Crippen molar-refractivity contribution in [3.63, 3.8) is 0 Å². The van der Waals surface area contributed by atoms with Gasteiger partial charge in [0, 0.05) is 6.04 Å². The van der Waals surface area contributed by atoms with Crippen LogP contribution in [-0.2, 0) is 9.53 Å². The average Bonchev–Trinajstić information content (AvgIpc) is 2.35. The van der Waals surface area contributed by atoms with Gasteiger partial charge in [0.25, 0.3) is 0 Å². The van der Waals surface area contributed by atoms with E-state index in [1.165, 1.54) is 7.11 Å². The molecule has 0 amide bonds. The van der Waals surface area contributed by atoms with Crippen LogP contribution in [0.5, 0.6) is 0 Å². The lowest BCUT2D eigenvalue weighted by Gasteiger charge is -2.38. The van der Waals surface area contributed by atoms with E-state index in [1.54, 1.807) is 0 Å². The first-order chi connectivity index (χ1) is 7.74. The third-order valence-electron chi connectivity index (χ3n) is 3.28. The van der Waals surface area contributed by atoms with Crippen molar-refractivity contribution >= 4 is 5.97 Å². The molecule has 0 aromatic rings. The number of carbonyl (C=O) groups is 1. The molecule has 2 atom stereocenters. The van der Waals surface area contributed by atoms with Gasteiger partial charge in [-0.05, 0) is 25.8 Å². The van der Waals surface area contributed by atoms with Gasteiger partial charge in [-0.15, -0.1) is 0 Å². The summed E-state index contributed by atoms with van der Waals surface area (Å²) < 4.78 is 4.83. The summed E-state index contributed by atoms with van der Waals surface area (Å²) in [6.45, 7) is 2.96. The maximum Gasteiger partial charge on any atom is 0.323 e. The minimum absolute atomic E-state index is 0.142. The second kappa shape index (κ2) is 6.49. The third kappa shape index (κ3) is 2.96. The van der Waals surface area contributed by atoms with E-state index in [9.17, 15) is 4.79 Å². The molecule has 4 heteroatoms. The van der Waals surface area contributed by atoms with Crippen molar-refractivity contribution < 1.29 is 9.53 Å². The normalized spacial score (nSPS) is 23.4. The predicted octanol–water partition coefficient (Wildman–Crippen LogP) is 1.71. The fourth-order valence-electron chi connectivity index (χ4n) is 2.38. The van der Waals surface area contributed by atoms with Crippen LogP contribution in [0.2, 0.25) is 0 Å². The number of carbonyl (C=O) groups excluding carboxylic acids is 1. The Kier molecular flexibility index (Phi) is 5.27. The number of hydrogen-bond acceptors (Lipinski definition) is 4. The van der Waals surface area contributed by atoms with Crippen LogP contribution >= 0.6 is 0 Å². The molecule has 0 bridgehead atoms. The van der Waals surface area contributed by atoms with Crippen LogP contribution in [0.4, 0.5) is 0 Å². The molecule has 1 aliphatic heterocycles. The molecule has 0 aliphatic carbocycles. The van der Waals surface area contributed by atoms with E-state index < -0.39 is 0 Å². The maximum atomic E-state index is 11.7. The number of nitriles is 1. The van der Waals surface area contributed by atoms with Crippen molar-refractivity contribution in [2.45, 2.75) is 51.1 Å². The van der Waals surface area contributed by atoms with Gasteiger partial charge < -0.3 is 4.74 Å². The topological polar surface area (TPSA) is 53.3 Å². The van der Waals surface area contributed by atoms with Crippen LogP contribution in [0.15, 0.2) is 0 Å². The summed E-state index contributed by atoms with van der Waals surface area (Å²) in [7, 11) is 1.43. The first kappa shape index (κ1) is 13.0. The molecule has 4 nitrogen and oxygen atoms in total. The zero-order valence-electron chi connectivity index (χ0n) is 10.1. The molecule has 90 valence electrons. The predicted molar refractivity (Wildman–Crippen MR) is 60.7 cm³/mol. The van der Waals surface area contributed by atoms with Gasteiger partial charge in [0.15, 0.2) is 0 Å². The van der Waals surface area contributed by atoms with Gasteiger partial charge in [-0.3, -0.25) is 9.69 Å².